The Hall–Kier alpha value is -2.70. The summed E-state index contributed by atoms with van der Waals surface area (Å²) in [6.07, 6.45) is 7.00. The number of aromatic nitrogens is 1. The Kier molecular flexibility index (Phi) is 7.39. The third-order valence-corrected chi connectivity index (χ3v) is 7.34. The number of halogens is 2. The highest BCUT2D eigenvalue weighted by Crippen LogP contribution is 2.50. The molecule has 0 amide bonds. The summed E-state index contributed by atoms with van der Waals surface area (Å²) >= 11 is 0. The number of hydrogen-bond acceptors (Lipinski definition) is 5. The van der Waals surface area contributed by atoms with E-state index in [0.29, 0.717) is 29.7 Å². The molecule has 1 aromatic heterocycles. The quantitative estimate of drug-likeness (QED) is 0.420. The highest BCUT2D eigenvalue weighted by Gasteiger charge is 2.51. The lowest BCUT2D eigenvalue weighted by Gasteiger charge is -2.30. The van der Waals surface area contributed by atoms with Crippen molar-refractivity contribution >= 4 is 5.97 Å². The van der Waals surface area contributed by atoms with Crippen molar-refractivity contribution in [1.82, 2.24) is 4.98 Å². The number of hydrogen-bond donors (Lipinski definition) is 0. The number of methoxy groups -OCH3 is 2. The van der Waals surface area contributed by atoms with Crippen molar-refractivity contribution < 1.29 is 27.8 Å². The van der Waals surface area contributed by atoms with E-state index in [-0.39, 0.29) is 17.7 Å². The minimum absolute atomic E-state index is 0.108. The number of ether oxygens (including phenoxy) is 3. The first-order valence-corrected chi connectivity index (χ1v) is 12.0. The molecule has 0 aliphatic heterocycles. The Morgan fingerprint density at radius 1 is 1.12 bits per heavy atom. The van der Waals surface area contributed by atoms with E-state index in [2.05, 4.69) is 4.98 Å². The minimum Gasteiger partial charge on any atom is -0.497 e. The number of benzene rings is 1. The molecule has 2 saturated carbocycles. The van der Waals surface area contributed by atoms with Crippen LogP contribution < -0.4 is 9.47 Å². The van der Waals surface area contributed by atoms with E-state index < -0.39 is 17.6 Å². The molecule has 2 fully saturated rings. The van der Waals surface area contributed by atoms with Gasteiger partial charge in [-0.05, 0) is 98.6 Å². The van der Waals surface area contributed by atoms with Gasteiger partial charge >= 0.3 is 5.97 Å². The molecule has 0 saturated heterocycles. The van der Waals surface area contributed by atoms with Crippen molar-refractivity contribution in [3.63, 3.8) is 0 Å². The van der Waals surface area contributed by atoms with Gasteiger partial charge in [0.25, 0.3) is 0 Å². The maximum atomic E-state index is 15.4. The van der Waals surface area contributed by atoms with Crippen LogP contribution in [0.25, 0.3) is 0 Å². The van der Waals surface area contributed by atoms with Crippen LogP contribution in [-0.4, -0.2) is 37.4 Å². The lowest BCUT2D eigenvalue weighted by atomic mass is 9.79. The smallest absolute Gasteiger partial charge is 0.343 e. The maximum absolute atomic E-state index is 15.4. The first-order valence-electron chi connectivity index (χ1n) is 12.0. The van der Waals surface area contributed by atoms with Gasteiger partial charge in [-0.15, -0.1) is 0 Å². The second-order valence-corrected chi connectivity index (χ2v) is 9.73. The van der Waals surface area contributed by atoms with Crippen LogP contribution in [0.3, 0.4) is 0 Å². The van der Waals surface area contributed by atoms with Crippen LogP contribution in [0.1, 0.15) is 68.4 Å². The second-order valence-electron chi connectivity index (χ2n) is 9.73. The zero-order valence-corrected chi connectivity index (χ0v) is 20.1. The number of esters is 1. The highest BCUT2D eigenvalue weighted by molar-refractivity contribution is 5.80. The summed E-state index contributed by atoms with van der Waals surface area (Å²) < 4.78 is 45.7. The lowest BCUT2D eigenvalue weighted by molar-refractivity contribution is -0.155. The second kappa shape index (κ2) is 10.3. The van der Waals surface area contributed by atoms with Crippen molar-refractivity contribution in [3.8, 4) is 11.6 Å². The van der Waals surface area contributed by atoms with Crippen LogP contribution >= 0.6 is 0 Å². The molecule has 0 spiro atoms. The van der Waals surface area contributed by atoms with Crippen LogP contribution in [0.15, 0.2) is 36.5 Å². The van der Waals surface area contributed by atoms with Gasteiger partial charge in [0.05, 0.1) is 20.8 Å². The molecular formula is C27H33F2NO4. The average molecular weight is 474 g/mol. The number of rotatable bonds is 9. The van der Waals surface area contributed by atoms with Crippen molar-refractivity contribution in [2.24, 2.45) is 11.8 Å². The molecule has 2 aliphatic rings. The highest BCUT2D eigenvalue weighted by atomic mass is 19.1. The monoisotopic (exact) mass is 473 g/mol. The molecule has 7 heteroatoms. The molecule has 0 N–H and O–H groups in total. The largest absolute Gasteiger partial charge is 0.497 e. The average Bonchev–Trinajstić information content (AvgIpc) is 3.68. The zero-order valence-electron chi connectivity index (χ0n) is 20.1. The summed E-state index contributed by atoms with van der Waals surface area (Å²) in [6.45, 7) is 1.80. The predicted octanol–water partition coefficient (Wildman–Crippen LogP) is 5.98. The van der Waals surface area contributed by atoms with Gasteiger partial charge in [-0.1, -0.05) is 0 Å². The Morgan fingerprint density at radius 3 is 2.50 bits per heavy atom. The van der Waals surface area contributed by atoms with Gasteiger partial charge in [0.1, 0.15) is 11.6 Å². The summed E-state index contributed by atoms with van der Waals surface area (Å²) in [5, 5.41) is 0. The molecule has 1 aromatic carbocycles. The zero-order chi connectivity index (χ0) is 24.3. The van der Waals surface area contributed by atoms with Gasteiger partial charge in [-0.3, -0.25) is 0 Å². The fourth-order valence-electron chi connectivity index (χ4n) is 5.29. The van der Waals surface area contributed by atoms with Crippen LogP contribution in [-0.2, 0) is 9.53 Å². The van der Waals surface area contributed by atoms with Gasteiger partial charge in [-0.25, -0.2) is 18.6 Å². The van der Waals surface area contributed by atoms with Crippen molar-refractivity contribution in [3.05, 3.63) is 53.5 Å². The van der Waals surface area contributed by atoms with E-state index in [1.54, 1.807) is 37.6 Å². The van der Waals surface area contributed by atoms with E-state index in [9.17, 15) is 9.18 Å². The number of alkyl halides is 1. The van der Waals surface area contributed by atoms with Gasteiger partial charge < -0.3 is 14.2 Å². The summed E-state index contributed by atoms with van der Waals surface area (Å²) in [6, 6.07) is 8.42. The normalized spacial score (nSPS) is 23.0. The first kappa shape index (κ1) is 24.4. The van der Waals surface area contributed by atoms with Gasteiger partial charge in [0.15, 0.2) is 0 Å². The Bertz CT molecular complexity index is 1000. The molecule has 2 aliphatic carbocycles. The fourth-order valence-corrected chi connectivity index (χ4v) is 5.29. The lowest BCUT2D eigenvalue weighted by Crippen LogP contribution is -2.39. The number of carbonyl (C=O) groups excluding carboxylic acids is 1. The summed E-state index contributed by atoms with van der Waals surface area (Å²) in [5.74, 6) is 0.115. The van der Waals surface area contributed by atoms with Gasteiger partial charge in [0.2, 0.25) is 11.5 Å². The molecule has 34 heavy (non-hydrogen) atoms. The van der Waals surface area contributed by atoms with E-state index in [1.807, 2.05) is 0 Å². The number of carbonyl (C=O) groups is 1. The molecule has 2 aromatic rings. The maximum Gasteiger partial charge on any atom is 0.343 e. The molecule has 1 heterocycles. The first-order chi connectivity index (χ1) is 16.3. The van der Waals surface area contributed by atoms with Crippen LogP contribution in [0.5, 0.6) is 11.6 Å². The van der Waals surface area contributed by atoms with E-state index >= 15 is 4.39 Å². The summed E-state index contributed by atoms with van der Waals surface area (Å²) in [5.41, 5.74) is -0.679. The van der Waals surface area contributed by atoms with Crippen LogP contribution in [0, 0.1) is 17.7 Å². The molecule has 0 radical (unpaired) electrons. The van der Waals surface area contributed by atoms with Crippen molar-refractivity contribution in [2.45, 2.75) is 63.0 Å². The third kappa shape index (κ3) is 5.34. The van der Waals surface area contributed by atoms with Crippen LogP contribution in [0.4, 0.5) is 8.78 Å². The van der Waals surface area contributed by atoms with E-state index in [0.717, 1.165) is 44.1 Å². The summed E-state index contributed by atoms with van der Waals surface area (Å²) in [7, 11) is 2.80. The standard InChI is InChI=1S/C27H33F2NO4/c1-27(29,26(31)33-3)25(19-8-9-19)20-12-13-30-24(14-20)34-16-17-4-6-18(7-5-17)22-15-21(32-2)10-11-23(22)28/h10-15,17-19,25H,4-9,16H2,1-3H3. The molecular weight excluding hydrogens is 440 g/mol. The minimum atomic E-state index is -2.11. The molecule has 184 valence electrons. The Morgan fingerprint density at radius 2 is 1.85 bits per heavy atom. The van der Waals surface area contributed by atoms with Gasteiger partial charge in [0, 0.05) is 18.2 Å². The number of pyridine rings is 1. The SMILES string of the molecule is COC(=O)C(C)(F)C(c1ccnc(OCC2CCC(c3cc(OC)ccc3F)CC2)c1)C1CC1. The molecule has 0 bridgehead atoms. The molecule has 4 rings (SSSR count). The Balaban J connectivity index is 1.36. The van der Waals surface area contributed by atoms with E-state index in [1.165, 1.54) is 20.1 Å². The van der Waals surface area contributed by atoms with Crippen LogP contribution in [0.2, 0.25) is 0 Å². The topological polar surface area (TPSA) is 57.7 Å². The summed E-state index contributed by atoms with van der Waals surface area (Å²) in [4.78, 5) is 16.4. The molecule has 5 nitrogen and oxygen atoms in total. The van der Waals surface area contributed by atoms with Gasteiger partial charge in [-0.2, -0.15) is 0 Å². The fraction of sp³-hybridized carbons (Fsp3) is 0.556. The third-order valence-electron chi connectivity index (χ3n) is 7.34. The molecule has 2 atom stereocenters. The Labute approximate surface area is 199 Å². The van der Waals surface area contributed by atoms with E-state index in [4.69, 9.17) is 14.2 Å². The molecule has 2 unspecified atom stereocenters. The number of nitrogens with zero attached hydrogens (tertiary/aromatic N) is 1. The predicted molar refractivity (Wildman–Crippen MR) is 124 cm³/mol. The van der Waals surface area contributed by atoms with Crippen molar-refractivity contribution in [2.75, 3.05) is 20.8 Å². The van der Waals surface area contributed by atoms with Crippen molar-refractivity contribution in [1.29, 1.82) is 0 Å².